The summed E-state index contributed by atoms with van der Waals surface area (Å²) in [4.78, 5) is 25.1. The number of carbonyl (C=O) groups excluding carboxylic acids is 1. The molecule has 0 aromatic carbocycles. The van der Waals surface area contributed by atoms with Gasteiger partial charge in [-0.15, -0.1) is 0 Å². The number of aromatic nitrogens is 4. The first kappa shape index (κ1) is 22.3. The second-order valence-electron chi connectivity index (χ2n) is 10.9. The van der Waals surface area contributed by atoms with Crippen LogP contribution in [0.5, 0.6) is 0 Å². The Balaban J connectivity index is 1.20. The third-order valence-electron chi connectivity index (χ3n) is 8.07. The van der Waals surface area contributed by atoms with Gasteiger partial charge in [0.05, 0.1) is 23.8 Å². The Hall–Kier alpha value is -3.22. The number of hydrogen-bond donors (Lipinski definition) is 1. The van der Waals surface area contributed by atoms with Crippen LogP contribution in [0.1, 0.15) is 82.8 Å². The number of pyridine rings is 2. The molecule has 1 saturated carbocycles. The van der Waals surface area contributed by atoms with E-state index in [1.807, 2.05) is 30.1 Å². The number of nitrogens with one attached hydrogen (secondary N) is 1. The number of anilines is 1. The van der Waals surface area contributed by atoms with Gasteiger partial charge in [-0.25, -0.2) is 4.98 Å². The molecular weight excluding hydrogens is 436 g/mol. The minimum absolute atomic E-state index is 0.0261. The molecule has 1 saturated heterocycles. The highest BCUT2D eigenvalue weighted by molar-refractivity contribution is 5.95. The molecule has 1 N–H and O–H groups in total. The van der Waals surface area contributed by atoms with Gasteiger partial charge in [0, 0.05) is 36.9 Å². The van der Waals surface area contributed by atoms with Gasteiger partial charge in [0.15, 0.2) is 0 Å². The molecule has 3 aliphatic rings. The molecule has 7 heteroatoms. The number of rotatable bonds is 6. The highest BCUT2D eigenvalue weighted by atomic mass is 16.1. The summed E-state index contributed by atoms with van der Waals surface area (Å²) in [6, 6.07) is 6.38. The molecule has 0 spiro atoms. The van der Waals surface area contributed by atoms with Crippen LogP contribution in [-0.4, -0.2) is 38.7 Å². The van der Waals surface area contributed by atoms with Gasteiger partial charge in [-0.1, -0.05) is 19.9 Å². The fraction of sp³-hybridized carbons (Fsp3) is 0.500. The minimum Gasteiger partial charge on any atom is -0.356 e. The minimum atomic E-state index is -0.0509. The monoisotopic (exact) mass is 470 g/mol. The largest absolute Gasteiger partial charge is 0.356 e. The summed E-state index contributed by atoms with van der Waals surface area (Å²) >= 11 is 0. The Kier molecular flexibility index (Phi) is 5.38. The lowest BCUT2D eigenvalue weighted by Crippen LogP contribution is -2.27. The van der Waals surface area contributed by atoms with E-state index < -0.39 is 0 Å². The topological polar surface area (TPSA) is 75.9 Å². The molecule has 2 fully saturated rings. The molecule has 3 aromatic rings. The van der Waals surface area contributed by atoms with Crippen LogP contribution in [0.2, 0.25) is 0 Å². The number of piperidine rings is 1. The summed E-state index contributed by atoms with van der Waals surface area (Å²) in [6.07, 6.45) is 7.00. The third-order valence-corrected chi connectivity index (χ3v) is 8.07. The van der Waals surface area contributed by atoms with E-state index in [-0.39, 0.29) is 17.9 Å². The predicted octanol–water partition coefficient (Wildman–Crippen LogP) is 4.34. The Morgan fingerprint density at radius 1 is 1.14 bits per heavy atom. The van der Waals surface area contributed by atoms with Crippen LogP contribution < -0.4 is 10.2 Å². The molecule has 4 heterocycles. The van der Waals surface area contributed by atoms with E-state index in [1.165, 1.54) is 17.5 Å². The van der Waals surface area contributed by atoms with Gasteiger partial charge >= 0.3 is 0 Å². The molecule has 3 atom stereocenters. The van der Waals surface area contributed by atoms with Crippen LogP contribution in [0.4, 0.5) is 5.82 Å². The lowest BCUT2D eigenvalue weighted by molar-refractivity contribution is 0.0935. The molecule has 7 nitrogen and oxygen atoms in total. The van der Waals surface area contributed by atoms with Crippen molar-refractivity contribution in [2.24, 2.45) is 11.8 Å². The average molecular weight is 471 g/mol. The average Bonchev–Trinajstić information content (AvgIpc) is 3.19. The Labute approximate surface area is 207 Å². The highest BCUT2D eigenvalue weighted by Gasteiger charge is 2.45. The number of nitrogens with zero attached hydrogens (tertiary/aromatic N) is 5. The van der Waals surface area contributed by atoms with Gasteiger partial charge < -0.3 is 10.2 Å². The molecule has 1 amide bonds. The van der Waals surface area contributed by atoms with E-state index in [1.54, 1.807) is 0 Å². The van der Waals surface area contributed by atoms with Crippen molar-refractivity contribution in [3.8, 4) is 0 Å². The Morgan fingerprint density at radius 2 is 1.94 bits per heavy atom. The van der Waals surface area contributed by atoms with Crippen LogP contribution in [0.15, 0.2) is 30.6 Å². The summed E-state index contributed by atoms with van der Waals surface area (Å²) in [5.41, 5.74) is 7.20. The first-order valence-electron chi connectivity index (χ1n) is 12.9. The van der Waals surface area contributed by atoms with Crippen LogP contribution in [-0.2, 0) is 13.0 Å². The van der Waals surface area contributed by atoms with E-state index in [0.717, 1.165) is 66.2 Å². The summed E-state index contributed by atoms with van der Waals surface area (Å²) in [7, 11) is 0. The van der Waals surface area contributed by atoms with Crippen molar-refractivity contribution in [3.63, 3.8) is 0 Å². The molecule has 3 aromatic heterocycles. The molecular formula is C28H34N6O. The molecule has 6 rings (SSSR count). The Morgan fingerprint density at radius 3 is 2.69 bits per heavy atom. The molecule has 0 radical (unpaired) electrons. The first-order chi connectivity index (χ1) is 16.9. The standard InChI is InChI=1S/C28H34N6O/c1-16(2)27-24(28(35)31-25-7-6-22-18(4)29-10-9-23(22)25)15-34(32-27)14-19-5-8-26(30-17(19)3)33-12-20-11-21(20)13-33/h5,8-10,15-16,20-21,25H,6-7,11-14H2,1-4H3,(H,31,35)/t20?,21?,25-/m1/s1. The van der Waals surface area contributed by atoms with Crippen molar-refractivity contribution in [1.82, 2.24) is 25.1 Å². The highest BCUT2D eigenvalue weighted by Crippen LogP contribution is 2.46. The normalized spacial score (nSPS) is 22.4. The maximum Gasteiger partial charge on any atom is 0.255 e. The zero-order chi connectivity index (χ0) is 24.3. The fourth-order valence-electron chi connectivity index (χ4n) is 5.90. The summed E-state index contributed by atoms with van der Waals surface area (Å²) < 4.78 is 1.90. The van der Waals surface area contributed by atoms with E-state index >= 15 is 0 Å². The zero-order valence-electron chi connectivity index (χ0n) is 21.1. The maximum absolute atomic E-state index is 13.4. The summed E-state index contributed by atoms with van der Waals surface area (Å²) in [6.45, 7) is 11.2. The molecule has 35 heavy (non-hydrogen) atoms. The number of hydrogen-bond acceptors (Lipinski definition) is 5. The smallest absolute Gasteiger partial charge is 0.255 e. The zero-order valence-corrected chi connectivity index (χ0v) is 21.1. The SMILES string of the molecule is Cc1nc(N2CC3CC3C2)ccc1Cn1cc(C(=O)N[C@@H]2CCc3c2ccnc3C)c(C(C)C)n1. The van der Waals surface area contributed by atoms with Crippen LogP contribution in [0, 0.1) is 25.7 Å². The van der Waals surface area contributed by atoms with Gasteiger partial charge in [0.25, 0.3) is 5.91 Å². The van der Waals surface area contributed by atoms with Crippen molar-refractivity contribution < 1.29 is 4.79 Å². The van der Waals surface area contributed by atoms with E-state index in [4.69, 9.17) is 10.1 Å². The predicted molar refractivity (Wildman–Crippen MR) is 136 cm³/mol. The summed E-state index contributed by atoms with van der Waals surface area (Å²) in [5.74, 6) is 2.97. The van der Waals surface area contributed by atoms with E-state index in [2.05, 4.69) is 48.1 Å². The molecule has 2 unspecified atom stereocenters. The number of aryl methyl sites for hydroxylation is 2. The fourth-order valence-corrected chi connectivity index (χ4v) is 5.90. The lowest BCUT2D eigenvalue weighted by Gasteiger charge is -2.20. The van der Waals surface area contributed by atoms with Crippen molar-refractivity contribution in [3.05, 3.63) is 69.9 Å². The van der Waals surface area contributed by atoms with Crippen LogP contribution in [0.25, 0.3) is 0 Å². The number of amides is 1. The van der Waals surface area contributed by atoms with Crippen LogP contribution in [0.3, 0.4) is 0 Å². The number of carbonyl (C=O) groups is 1. The van der Waals surface area contributed by atoms with Gasteiger partial charge in [-0.05, 0) is 79.7 Å². The van der Waals surface area contributed by atoms with E-state index in [9.17, 15) is 4.79 Å². The summed E-state index contributed by atoms with van der Waals surface area (Å²) in [5, 5.41) is 8.09. The van der Waals surface area contributed by atoms with Crippen LogP contribution >= 0.6 is 0 Å². The van der Waals surface area contributed by atoms with Gasteiger partial charge in [0.2, 0.25) is 0 Å². The number of fused-ring (bicyclic) bond motifs is 2. The van der Waals surface area contributed by atoms with Gasteiger partial charge in [-0.3, -0.25) is 14.5 Å². The second kappa shape index (κ2) is 8.47. The second-order valence-corrected chi connectivity index (χ2v) is 10.9. The molecule has 2 aliphatic carbocycles. The Bertz CT molecular complexity index is 1280. The maximum atomic E-state index is 13.4. The lowest BCUT2D eigenvalue weighted by atomic mass is 10.0. The third kappa shape index (κ3) is 4.11. The van der Waals surface area contributed by atoms with Gasteiger partial charge in [-0.2, -0.15) is 5.10 Å². The molecule has 182 valence electrons. The molecule has 0 bridgehead atoms. The van der Waals surface area contributed by atoms with Crippen molar-refractivity contribution in [2.75, 3.05) is 18.0 Å². The van der Waals surface area contributed by atoms with E-state index in [0.29, 0.717) is 12.1 Å². The quantitative estimate of drug-likeness (QED) is 0.580. The van der Waals surface area contributed by atoms with Gasteiger partial charge in [0.1, 0.15) is 5.82 Å². The van der Waals surface area contributed by atoms with Crippen molar-refractivity contribution in [2.45, 2.75) is 65.5 Å². The van der Waals surface area contributed by atoms with Crippen molar-refractivity contribution >= 4 is 11.7 Å². The first-order valence-corrected chi connectivity index (χ1v) is 12.9. The van der Waals surface area contributed by atoms with Crippen molar-refractivity contribution in [1.29, 1.82) is 0 Å². The molecule has 1 aliphatic heterocycles.